The monoisotopic (exact) mass is 278 g/mol. The number of benzene rings is 1. The maximum Gasteiger partial charge on any atom is 0.0675 e. The zero-order valence-corrected chi connectivity index (χ0v) is 9.46. The van der Waals surface area contributed by atoms with Crippen LogP contribution in [0.25, 0.3) is 5.03 Å². The standard InChI is InChI=1S/C8H5BrCl2N2/c9-5-2-8-4(1-6(5)10)7(11)3-12-13-8/h1-3,12-13H. The molecule has 1 aromatic rings. The number of nitrogens with one attached hydrogen (secondary N) is 2. The lowest BCUT2D eigenvalue weighted by Crippen LogP contribution is -2.19. The quantitative estimate of drug-likeness (QED) is 0.759. The fraction of sp³-hybridized carbons (Fsp3) is 0. The second kappa shape index (κ2) is 3.40. The molecule has 0 spiro atoms. The van der Waals surface area contributed by atoms with Crippen LogP contribution in [-0.4, -0.2) is 0 Å². The molecule has 0 amide bonds. The molecule has 2 N–H and O–H groups in total. The molecule has 1 heterocycles. The van der Waals surface area contributed by atoms with Crippen LogP contribution < -0.4 is 10.9 Å². The first-order valence-electron chi connectivity index (χ1n) is 3.55. The van der Waals surface area contributed by atoms with Crippen LogP contribution in [0.4, 0.5) is 5.69 Å². The van der Waals surface area contributed by atoms with E-state index in [4.69, 9.17) is 23.2 Å². The fourth-order valence-corrected chi connectivity index (χ4v) is 1.82. The Bertz CT molecular complexity index is 390. The molecule has 1 aliphatic rings. The molecule has 2 nitrogen and oxygen atoms in total. The molecule has 1 aliphatic heterocycles. The van der Waals surface area contributed by atoms with Crippen LogP contribution in [0.2, 0.25) is 5.02 Å². The molecule has 13 heavy (non-hydrogen) atoms. The van der Waals surface area contributed by atoms with Gasteiger partial charge in [0.05, 0.1) is 15.7 Å². The van der Waals surface area contributed by atoms with E-state index in [1.54, 1.807) is 6.20 Å². The summed E-state index contributed by atoms with van der Waals surface area (Å²) in [4.78, 5) is 0. The van der Waals surface area contributed by atoms with Crippen molar-refractivity contribution in [2.24, 2.45) is 0 Å². The van der Waals surface area contributed by atoms with E-state index in [1.165, 1.54) is 0 Å². The smallest absolute Gasteiger partial charge is 0.0675 e. The number of anilines is 1. The van der Waals surface area contributed by atoms with Gasteiger partial charge in [0.2, 0.25) is 0 Å². The molecule has 5 heteroatoms. The average molecular weight is 280 g/mol. The third-order valence-electron chi connectivity index (χ3n) is 1.72. The van der Waals surface area contributed by atoms with Gasteiger partial charge in [0.1, 0.15) is 0 Å². The number of fused-ring (bicyclic) bond motifs is 1. The van der Waals surface area contributed by atoms with Crippen molar-refractivity contribution in [2.75, 3.05) is 5.43 Å². The van der Waals surface area contributed by atoms with Crippen LogP contribution in [0.15, 0.2) is 22.8 Å². The van der Waals surface area contributed by atoms with Gasteiger partial charge in [-0.2, -0.15) is 0 Å². The number of hydrogen-bond donors (Lipinski definition) is 2. The summed E-state index contributed by atoms with van der Waals surface area (Å²) < 4.78 is 0.841. The van der Waals surface area contributed by atoms with Crippen molar-refractivity contribution in [3.63, 3.8) is 0 Å². The third-order valence-corrected chi connectivity index (χ3v) is 3.23. The summed E-state index contributed by atoms with van der Waals surface area (Å²) in [5.41, 5.74) is 7.59. The topological polar surface area (TPSA) is 24.1 Å². The lowest BCUT2D eigenvalue weighted by Gasteiger charge is -2.17. The molecule has 0 bridgehead atoms. The molecule has 0 atom stereocenters. The first-order valence-corrected chi connectivity index (χ1v) is 5.10. The molecular formula is C8H5BrCl2N2. The Morgan fingerprint density at radius 3 is 2.77 bits per heavy atom. The lowest BCUT2D eigenvalue weighted by atomic mass is 10.1. The van der Waals surface area contributed by atoms with E-state index in [9.17, 15) is 0 Å². The highest BCUT2D eigenvalue weighted by atomic mass is 79.9. The minimum Gasteiger partial charge on any atom is -0.307 e. The molecule has 0 aromatic heterocycles. The molecule has 2 rings (SSSR count). The van der Waals surface area contributed by atoms with Crippen molar-refractivity contribution in [3.8, 4) is 0 Å². The molecule has 0 unspecified atom stereocenters. The van der Waals surface area contributed by atoms with E-state index in [0.717, 1.165) is 15.7 Å². The van der Waals surface area contributed by atoms with E-state index in [0.29, 0.717) is 10.1 Å². The normalized spacial score (nSPS) is 13.9. The fourth-order valence-electron chi connectivity index (χ4n) is 1.10. The van der Waals surface area contributed by atoms with E-state index in [1.807, 2.05) is 12.1 Å². The molecule has 68 valence electrons. The van der Waals surface area contributed by atoms with Crippen LogP contribution >= 0.6 is 39.1 Å². The van der Waals surface area contributed by atoms with Gasteiger partial charge in [-0.05, 0) is 28.1 Å². The summed E-state index contributed by atoms with van der Waals surface area (Å²) in [6.45, 7) is 0. The van der Waals surface area contributed by atoms with Crippen LogP contribution in [0.5, 0.6) is 0 Å². The number of hydrogen-bond acceptors (Lipinski definition) is 2. The summed E-state index contributed by atoms with van der Waals surface area (Å²) in [5.74, 6) is 0. The van der Waals surface area contributed by atoms with Crippen molar-refractivity contribution in [1.29, 1.82) is 0 Å². The minimum absolute atomic E-state index is 0.642. The van der Waals surface area contributed by atoms with Crippen LogP contribution in [0.3, 0.4) is 0 Å². The highest BCUT2D eigenvalue weighted by molar-refractivity contribution is 9.10. The largest absolute Gasteiger partial charge is 0.307 e. The van der Waals surface area contributed by atoms with Gasteiger partial charge in [-0.3, -0.25) is 0 Å². The predicted molar refractivity (Wildman–Crippen MR) is 59.7 cm³/mol. The lowest BCUT2D eigenvalue weighted by molar-refractivity contribution is 1.05. The maximum atomic E-state index is 5.96. The Labute approximate surface area is 94.0 Å². The molecule has 0 radical (unpaired) electrons. The van der Waals surface area contributed by atoms with Gasteiger partial charge in [-0.15, -0.1) is 0 Å². The third kappa shape index (κ3) is 1.64. The van der Waals surface area contributed by atoms with E-state index in [2.05, 4.69) is 26.8 Å². The van der Waals surface area contributed by atoms with Gasteiger partial charge in [-0.1, -0.05) is 23.2 Å². The summed E-state index contributed by atoms with van der Waals surface area (Å²) in [5, 5.41) is 1.29. The van der Waals surface area contributed by atoms with E-state index >= 15 is 0 Å². The summed E-state index contributed by atoms with van der Waals surface area (Å²) in [7, 11) is 0. The summed E-state index contributed by atoms with van der Waals surface area (Å²) >= 11 is 15.2. The van der Waals surface area contributed by atoms with Gasteiger partial charge in [-0.25, -0.2) is 0 Å². The summed E-state index contributed by atoms with van der Waals surface area (Å²) in [6.07, 6.45) is 1.67. The van der Waals surface area contributed by atoms with Gasteiger partial charge in [0.25, 0.3) is 0 Å². The maximum absolute atomic E-state index is 5.96. The number of halogens is 3. The van der Waals surface area contributed by atoms with Crippen LogP contribution in [-0.2, 0) is 0 Å². The Balaban J connectivity index is 2.61. The van der Waals surface area contributed by atoms with Crippen LogP contribution in [0.1, 0.15) is 5.56 Å². The Kier molecular flexibility index (Phi) is 2.41. The Hall–Kier alpha value is -0.380. The first-order chi connectivity index (χ1) is 6.18. The Morgan fingerprint density at radius 2 is 2.00 bits per heavy atom. The van der Waals surface area contributed by atoms with Crippen molar-refractivity contribution in [1.82, 2.24) is 5.43 Å². The van der Waals surface area contributed by atoms with Crippen molar-refractivity contribution >= 4 is 49.9 Å². The van der Waals surface area contributed by atoms with Crippen LogP contribution in [0, 0.1) is 0 Å². The van der Waals surface area contributed by atoms with Gasteiger partial charge < -0.3 is 10.9 Å². The van der Waals surface area contributed by atoms with Gasteiger partial charge in [0, 0.05) is 16.2 Å². The zero-order valence-electron chi connectivity index (χ0n) is 6.37. The SMILES string of the molecule is ClC1=CNNc2cc(Br)c(Cl)cc21. The molecular weight excluding hydrogens is 275 g/mol. The molecule has 1 aromatic carbocycles. The molecule has 0 saturated carbocycles. The average Bonchev–Trinajstić information content (AvgIpc) is 2.09. The minimum atomic E-state index is 0.642. The number of rotatable bonds is 0. The number of hydrazine groups is 1. The van der Waals surface area contributed by atoms with E-state index in [-0.39, 0.29) is 0 Å². The van der Waals surface area contributed by atoms with E-state index < -0.39 is 0 Å². The highest BCUT2D eigenvalue weighted by Gasteiger charge is 2.12. The second-order valence-electron chi connectivity index (χ2n) is 2.57. The Morgan fingerprint density at radius 1 is 1.23 bits per heavy atom. The molecule has 0 fully saturated rings. The van der Waals surface area contributed by atoms with Gasteiger partial charge >= 0.3 is 0 Å². The molecule has 0 aliphatic carbocycles. The first kappa shape index (κ1) is 9.19. The highest BCUT2D eigenvalue weighted by Crippen LogP contribution is 2.35. The zero-order chi connectivity index (χ0) is 9.42. The molecule has 0 saturated heterocycles. The van der Waals surface area contributed by atoms with Crippen molar-refractivity contribution in [2.45, 2.75) is 0 Å². The van der Waals surface area contributed by atoms with Gasteiger partial charge in [0.15, 0.2) is 0 Å². The summed E-state index contributed by atoms with van der Waals surface area (Å²) in [6, 6.07) is 3.69. The van der Waals surface area contributed by atoms with Crippen molar-refractivity contribution < 1.29 is 0 Å². The van der Waals surface area contributed by atoms with Crippen molar-refractivity contribution in [3.05, 3.63) is 33.4 Å². The second-order valence-corrected chi connectivity index (χ2v) is 4.24. The predicted octanol–water partition coefficient (Wildman–Crippen LogP) is 3.57.